The fourth-order valence-corrected chi connectivity index (χ4v) is 5.67. The first-order chi connectivity index (χ1) is 17.2. The number of hydrogen-bond donors (Lipinski definition) is 1. The van der Waals surface area contributed by atoms with E-state index in [1.165, 1.54) is 47.4 Å². The van der Waals surface area contributed by atoms with Crippen molar-refractivity contribution in [2.45, 2.75) is 49.7 Å². The van der Waals surface area contributed by atoms with Crippen LogP contribution in [-0.2, 0) is 11.2 Å². The lowest BCUT2D eigenvalue weighted by Crippen LogP contribution is -2.18. The van der Waals surface area contributed by atoms with Gasteiger partial charge in [-0.25, -0.2) is 0 Å². The van der Waals surface area contributed by atoms with Gasteiger partial charge in [-0.15, -0.1) is 10.2 Å². The molecule has 0 saturated heterocycles. The van der Waals surface area contributed by atoms with Gasteiger partial charge in [0, 0.05) is 18.2 Å². The molecule has 5 rings (SSSR count). The minimum Gasteiger partial charge on any atom is -0.325 e. The van der Waals surface area contributed by atoms with Crippen LogP contribution in [0.4, 0.5) is 5.69 Å². The molecule has 6 nitrogen and oxygen atoms in total. The molecule has 3 aromatic carbocycles. The lowest BCUT2D eigenvalue weighted by molar-refractivity contribution is -0.113. The smallest absolute Gasteiger partial charge is 0.234 e. The predicted octanol–water partition coefficient (Wildman–Crippen LogP) is 6.13. The average Bonchev–Trinajstić information content (AvgIpc) is 3.30. The zero-order chi connectivity index (χ0) is 24.0. The van der Waals surface area contributed by atoms with E-state index in [2.05, 4.69) is 68.6 Å². The number of aromatic nitrogens is 3. The molecule has 7 heteroatoms. The second-order valence-corrected chi connectivity index (χ2v) is 9.85. The van der Waals surface area contributed by atoms with Crippen LogP contribution < -0.4 is 5.32 Å². The number of nitrogens with zero attached hydrogens (tertiary/aromatic N) is 4. The molecule has 0 unspecified atom stereocenters. The van der Waals surface area contributed by atoms with Gasteiger partial charge in [-0.3, -0.25) is 4.79 Å². The molecule has 0 spiro atoms. The first kappa shape index (κ1) is 23.1. The summed E-state index contributed by atoms with van der Waals surface area (Å²) in [5.41, 5.74) is 2.38. The average molecular weight is 482 g/mol. The number of fused-ring (bicyclic) bond motifs is 1. The van der Waals surface area contributed by atoms with Crippen LogP contribution in [-0.4, -0.2) is 26.4 Å². The van der Waals surface area contributed by atoms with Crippen LogP contribution in [0.2, 0.25) is 0 Å². The Labute approximate surface area is 209 Å². The number of benzene rings is 3. The van der Waals surface area contributed by atoms with Gasteiger partial charge in [-0.1, -0.05) is 79.6 Å². The van der Waals surface area contributed by atoms with Crippen LogP contribution in [0.5, 0.6) is 0 Å². The molecule has 1 amide bonds. The van der Waals surface area contributed by atoms with Gasteiger partial charge < -0.3 is 9.88 Å². The molecule has 1 fully saturated rings. The molecule has 4 aromatic rings. The fourth-order valence-electron chi connectivity index (χ4n) is 4.84. The highest BCUT2D eigenvalue weighted by atomic mass is 32.2. The lowest BCUT2D eigenvalue weighted by atomic mass is 9.95. The van der Waals surface area contributed by atoms with Gasteiger partial charge in [-0.2, -0.15) is 5.26 Å². The Morgan fingerprint density at radius 1 is 1.03 bits per heavy atom. The summed E-state index contributed by atoms with van der Waals surface area (Å²) in [6, 6.07) is 24.2. The van der Waals surface area contributed by atoms with E-state index >= 15 is 0 Å². The number of nitriles is 1. The highest BCUT2D eigenvalue weighted by molar-refractivity contribution is 7.99. The van der Waals surface area contributed by atoms with E-state index in [0.717, 1.165) is 23.8 Å². The summed E-state index contributed by atoms with van der Waals surface area (Å²) in [5.74, 6) is 1.06. The minimum atomic E-state index is -0.126. The van der Waals surface area contributed by atoms with Crippen molar-refractivity contribution in [1.82, 2.24) is 14.8 Å². The Morgan fingerprint density at radius 3 is 2.69 bits per heavy atom. The number of nitrogens with one attached hydrogen (secondary N) is 1. The monoisotopic (exact) mass is 481 g/mol. The molecule has 0 bridgehead atoms. The summed E-state index contributed by atoms with van der Waals surface area (Å²) in [7, 11) is 0. The maximum atomic E-state index is 12.6. The lowest BCUT2D eigenvalue weighted by Gasteiger charge is -2.25. The van der Waals surface area contributed by atoms with Crippen LogP contribution in [0.3, 0.4) is 0 Å². The van der Waals surface area contributed by atoms with Gasteiger partial charge >= 0.3 is 0 Å². The van der Waals surface area contributed by atoms with E-state index in [1.54, 1.807) is 24.3 Å². The van der Waals surface area contributed by atoms with E-state index in [0.29, 0.717) is 23.7 Å². The summed E-state index contributed by atoms with van der Waals surface area (Å²) in [4.78, 5) is 12.6. The van der Waals surface area contributed by atoms with Gasteiger partial charge in [0.2, 0.25) is 5.91 Å². The molecular formula is C28H27N5OS. The Bertz CT molecular complexity index is 1380. The van der Waals surface area contributed by atoms with Crippen molar-refractivity contribution in [2.24, 2.45) is 0 Å². The van der Waals surface area contributed by atoms with Crippen molar-refractivity contribution in [1.29, 1.82) is 5.26 Å². The first-order valence-corrected chi connectivity index (χ1v) is 13.0. The van der Waals surface area contributed by atoms with Crippen LogP contribution in [0.1, 0.15) is 55.1 Å². The second-order valence-electron chi connectivity index (χ2n) is 8.91. The fraction of sp³-hybridized carbons (Fsp3) is 0.286. The summed E-state index contributed by atoms with van der Waals surface area (Å²) < 4.78 is 2.29. The summed E-state index contributed by atoms with van der Waals surface area (Å²) in [6.07, 6.45) is 6.61. The second kappa shape index (κ2) is 10.7. The van der Waals surface area contributed by atoms with E-state index < -0.39 is 0 Å². The normalized spacial score (nSPS) is 14.0. The van der Waals surface area contributed by atoms with Gasteiger partial charge in [-0.05, 0) is 47.4 Å². The highest BCUT2D eigenvalue weighted by Gasteiger charge is 2.24. The van der Waals surface area contributed by atoms with Crippen LogP contribution in [0.25, 0.3) is 10.8 Å². The maximum absolute atomic E-state index is 12.6. The predicted molar refractivity (Wildman–Crippen MR) is 139 cm³/mol. The zero-order valence-corrected chi connectivity index (χ0v) is 20.3. The molecule has 0 aliphatic heterocycles. The molecular weight excluding hydrogens is 454 g/mol. The molecule has 1 aromatic heterocycles. The molecule has 35 heavy (non-hydrogen) atoms. The number of hydrogen-bond acceptors (Lipinski definition) is 5. The highest BCUT2D eigenvalue weighted by Crippen LogP contribution is 2.34. The zero-order valence-electron chi connectivity index (χ0n) is 19.5. The quantitative estimate of drug-likeness (QED) is 0.321. The number of amides is 1. The van der Waals surface area contributed by atoms with Crippen molar-refractivity contribution >= 4 is 34.1 Å². The minimum absolute atomic E-state index is 0.126. The molecule has 1 aliphatic rings. The summed E-state index contributed by atoms with van der Waals surface area (Å²) in [5, 5.41) is 24.4. The van der Waals surface area contributed by atoms with Crippen LogP contribution in [0.15, 0.2) is 71.9 Å². The third kappa shape index (κ3) is 5.39. The number of carbonyl (C=O) groups is 1. The van der Waals surface area contributed by atoms with Crippen molar-refractivity contribution in [3.8, 4) is 6.07 Å². The third-order valence-corrected chi connectivity index (χ3v) is 7.45. The number of thioether (sulfide) groups is 1. The Balaban J connectivity index is 1.36. The molecule has 1 heterocycles. The molecule has 0 radical (unpaired) electrons. The largest absolute Gasteiger partial charge is 0.325 e. The Morgan fingerprint density at radius 2 is 1.83 bits per heavy atom. The van der Waals surface area contributed by atoms with Crippen molar-refractivity contribution in [3.63, 3.8) is 0 Å². The van der Waals surface area contributed by atoms with E-state index in [9.17, 15) is 4.79 Å². The van der Waals surface area contributed by atoms with E-state index in [-0.39, 0.29) is 11.7 Å². The van der Waals surface area contributed by atoms with E-state index in [4.69, 9.17) is 5.26 Å². The SMILES string of the molecule is N#Cc1cccc(NC(=O)CSc2nnc(Cc3cccc4ccccc34)n2C2CCCCC2)c1. The van der Waals surface area contributed by atoms with Crippen LogP contribution in [0, 0.1) is 11.3 Å². The number of rotatable bonds is 7. The van der Waals surface area contributed by atoms with Gasteiger partial charge in [0.15, 0.2) is 5.16 Å². The molecule has 176 valence electrons. The standard InChI is InChI=1S/C28H27N5OS/c29-18-20-8-6-12-23(16-20)30-27(34)19-35-28-32-31-26(33(28)24-13-2-1-3-14-24)17-22-11-7-10-21-9-4-5-15-25(21)22/h4-12,15-16,24H,1-3,13-14,17,19H2,(H,30,34). The Kier molecular flexibility index (Phi) is 7.10. The van der Waals surface area contributed by atoms with Gasteiger partial charge in [0.25, 0.3) is 0 Å². The molecule has 0 atom stereocenters. The van der Waals surface area contributed by atoms with Crippen molar-refractivity contribution in [3.05, 3.63) is 83.7 Å². The van der Waals surface area contributed by atoms with Gasteiger partial charge in [0.05, 0.1) is 17.4 Å². The molecule has 1 N–H and O–H groups in total. The number of carbonyl (C=O) groups excluding carboxylic acids is 1. The summed E-state index contributed by atoms with van der Waals surface area (Å²) in [6.45, 7) is 0. The number of anilines is 1. The molecule has 1 saturated carbocycles. The third-order valence-electron chi connectivity index (χ3n) is 6.51. The topological polar surface area (TPSA) is 83.6 Å². The van der Waals surface area contributed by atoms with Crippen LogP contribution >= 0.6 is 11.8 Å². The maximum Gasteiger partial charge on any atom is 0.234 e. The Hall–Kier alpha value is -3.63. The van der Waals surface area contributed by atoms with Crippen molar-refractivity contribution < 1.29 is 4.79 Å². The van der Waals surface area contributed by atoms with Gasteiger partial charge in [0.1, 0.15) is 5.82 Å². The van der Waals surface area contributed by atoms with Crippen molar-refractivity contribution in [2.75, 3.05) is 11.1 Å². The first-order valence-electron chi connectivity index (χ1n) is 12.0. The summed E-state index contributed by atoms with van der Waals surface area (Å²) >= 11 is 1.43. The molecule has 1 aliphatic carbocycles. The van der Waals surface area contributed by atoms with E-state index in [1.807, 2.05) is 0 Å².